The summed E-state index contributed by atoms with van der Waals surface area (Å²) >= 11 is 0. The third-order valence-electron chi connectivity index (χ3n) is 17.1. The Hall–Kier alpha value is -1.64. The molecule has 2 aromatic rings. The van der Waals surface area contributed by atoms with E-state index in [0.29, 0.717) is 0 Å². The predicted molar refractivity (Wildman–Crippen MR) is 325 cm³/mol. The molecule has 0 aliphatic carbocycles. The van der Waals surface area contributed by atoms with E-state index < -0.39 is 0 Å². The number of nitrogens with zero attached hydrogens (tertiary/aromatic N) is 2. The lowest BCUT2D eigenvalue weighted by Gasteiger charge is -2.35. The Bertz CT molecular complexity index is 1290. The molecule has 2 atom stereocenters. The van der Waals surface area contributed by atoms with Gasteiger partial charge in [0.25, 0.3) is 0 Å². The third-order valence-corrected chi connectivity index (χ3v) is 17.1. The SMILES string of the molecule is CCCCCCCCCCCC[N+](C)(CCCCCCCCCCCCCCCC[N+](C)(CCCCCCCCCCCC)Cc1ccc(CCCCCCC)cc1)Cc1ccc(CCCCCCC)cc1. The van der Waals surface area contributed by atoms with Crippen LogP contribution in [0.25, 0.3) is 0 Å². The minimum absolute atomic E-state index is 1.21. The van der Waals surface area contributed by atoms with Crippen molar-refractivity contribution in [1.82, 2.24) is 0 Å². The summed E-state index contributed by atoms with van der Waals surface area (Å²) in [6.07, 6.45) is 65.0. The fourth-order valence-corrected chi connectivity index (χ4v) is 12.0. The van der Waals surface area contributed by atoms with E-state index in [1.165, 1.54) is 344 Å². The van der Waals surface area contributed by atoms with Crippen LogP contribution in [0.2, 0.25) is 0 Å². The van der Waals surface area contributed by atoms with Crippen LogP contribution in [-0.2, 0) is 25.9 Å². The number of benzene rings is 2. The number of quaternary nitrogens is 2. The third kappa shape index (κ3) is 38.8. The molecule has 0 bridgehead atoms. The van der Waals surface area contributed by atoms with Gasteiger partial charge in [-0.2, -0.15) is 0 Å². The zero-order valence-electron chi connectivity index (χ0n) is 50.3. The predicted octanol–water partition coefficient (Wildman–Crippen LogP) is 22.6. The van der Waals surface area contributed by atoms with E-state index in [2.05, 4.69) is 90.3 Å². The van der Waals surface area contributed by atoms with Crippen molar-refractivity contribution in [1.29, 1.82) is 0 Å². The molecule has 0 aromatic heterocycles. The Morgan fingerprint density at radius 3 is 0.583 bits per heavy atom. The summed E-state index contributed by atoms with van der Waals surface area (Å²) in [7, 11) is 5.17. The lowest BCUT2D eigenvalue weighted by atomic mass is 10.0. The lowest BCUT2D eigenvalue weighted by Crippen LogP contribution is -2.44. The molecule has 2 aromatic carbocycles. The second-order valence-electron chi connectivity index (χ2n) is 24.7. The normalized spacial score (nSPS) is 13.5. The highest BCUT2D eigenvalue weighted by atomic mass is 15.3. The highest BCUT2D eigenvalue weighted by molar-refractivity contribution is 5.23. The van der Waals surface area contributed by atoms with E-state index >= 15 is 0 Å². The van der Waals surface area contributed by atoms with E-state index in [0.717, 1.165) is 0 Å². The first kappa shape index (κ1) is 66.5. The fraction of sp³-hybridized carbons (Fsp3) is 0.829. The molecule has 0 heterocycles. The first-order valence-electron chi connectivity index (χ1n) is 33.2. The van der Waals surface area contributed by atoms with Crippen LogP contribution in [0.4, 0.5) is 0 Å². The van der Waals surface area contributed by atoms with Crippen LogP contribution in [0.1, 0.15) is 332 Å². The number of unbranched alkanes of at least 4 members (excludes halogenated alkanes) is 39. The number of hydrogen-bond acceptors (Lipinski definition) is 0. The molecule has 0 saturated carbocycles. The van der Waals surface area contributed by atoms with Gasteiger partial charge in [-0.05, 0) is 88.2 Å². The maximum absolute atomic E-state index is 2.59. The highest BCUT2D eigenvalue weighted by Crippen LogP contribution is 2.23. The van der Waals surface area contributed by atoms with Gasteiger partial charge in [-0.25, -0.2) is 0 Å². The molecular formula is C70H130N2+2. The molecule has 0 spiro atoms. The van der Waals surface area contributed by atoms with Gasteiger partial charge in [0.05, 0.1) is 40.3 Å². The Morgan fingerprint density at radius 2 is 0.375 bits per heavy atom. The van der Waals surface area contributed by atoms with E-state index in [1.54, 1.807) is 22.3 Å². The van der Waals surface area contributed by atoms with Crippen molar-refractivity contribution in [2.24, 2.45) is 0 Å². The van der Waals surface area contributed by atoms with Gasteiger partial charge in [0, 0.05) is 11.1 Å². The Labute approximate surface area is 454 Å². The van der Waals surface area contributed by atoms with Crippen molar-refractivity contribution in [2.45, 2.75) is 336 Å². The van der Waals surface area contributed by atoms with Gasteiger partial charge in [0.1, 0.15) is 13.1 Å². The monoisotopic (exact) mass is 999 g/mol. The molecule has 418 valence electrons. The van der Waals surface area contributed by atoms with Gasteiger partial charge in [0.15, 0.2) is 0 Å². The van der Waals surface area contributed by atoms with E-state index in [9.17, 15) is 0 Å². The van der Waals surface area contributed by atoms with Crippen LogP contribution in [0.5, 0.6) is 0 Å². The van der Waals surface area contributed by atoms with Gasteiger partial charge in [0.2, 0.25) is 0 Å². The van der Waals surface area contributed by atoms with Crippen LogP contribution in [-0.4, -0.2) is 49.2 Å². The molecule has 2 rings (SSSR count). The Balaban J connectivity index is 1.64. The van der Waals surface area contributed by atoms with Gasteiger partial charge in [-0.1, -0.05) is 295 Å². The van der Waals surface area contributed by atoms with Gasteiger partial charge in [-0.3, -0.25) is 0 Å². The van der Waals surface area contributed by atoms with E-state index in [-0.39, 0.29) is 0 Å². The minimum Gasteiger partial charge on any atom is -0.322 e. The molecular weight excluding hydrogens is 869 g/mol. The zero-order chi connectivity index (χ0) is 51.7. The molecule has 0 fully saturated rings. The molecule has 2 unspecified atom stereocenters. The Morgan fingerprint density at radius 1 is 0.208 bits per heavy atom. The topological polar surface area (TPSA) is 0 Å². The van der Waals surface area contributed by atoms with Crippen LogP contribution < -0.4 is 0 Å². The first-order chi connectivity index (χ1) is 35.3. The van der Waals surface area contributed by atoms with Crippen LogP contribution in [0.15, 0.2) is 48.5 Å². The second-order valence-corrected chi connectivity index (χ2v) is 24.7. The van der Waals surface area contributed by atoms with Gasteiger partial charge < -0.3 is 8.97 Å². The van der Waals surface area contributed by atoms with Crippen molar-refractivity contribution in [3.8, 4) is 0 Å². The molecule has 0 aliphatic rings. The molecule has 0 N–H and O–H groups in total. The van der Waals surface area contributed by atoms with Crippen LogP contribution in [0.3, 0.4) is 0 Å². The first-order valence-corrected chi connectivity index (χ1v) is 33.2. The van der Waals surface area contributed by atoms with Gasteiger partial charge in [-0.15, -0.1) is 0 Å². The standard InChI is InChI=1S/C70H130N2/c1-7-11-15-19-21-23-31-35-41-47-61-71(5,65-69-57-53-67(54-58-69)51-45-39-17-13-9-3)63-49-43-37-33-29-27-25-26-28-30-34-38-44-50-64-72(6,62-48-42-36-32-24-22-20-16-12-8-2)66-70-59-55-68(56-60-70)52-46-40-18-14-10-4/h53-60H,7-52,61-66H2,1-6H3/q+2. The van der Waals surface area contributed by atoms with Crippen molar-refractivity contribution < 1.29 is 8.97 Å². The number of rotatable bonds is 55. The largest absolute Gasteiger partial charge is 0.322 e. The molecule has 0 aliphatic heterocycles. The molecule has 0 radical (unpaired) electrons. The van der Waals surface area contributed by atoms with Crippen molar-refractivity contribution in [2.75, 3.05) is 40.3 Å². The molecule has 2 nitrogen and oxygen atoms in total. The van der Waals surface area contributed by atoms with E-state index in [4.69, 9.17) is 0 Å². The summed E-state index contributed by atoms with van der Waals surface area (Å²) in [4.78, 5) is 0. The van der Waals surface area contributed by atoms with Crippen LogP contribution in [0, 0.1) is 0 Å². The van der Waals surface area contributed by atoms with Crippen LogP contribution >= 0.6 is 0 Å². The summed E-state index contributed by atoms with van der Waals surface area (Å²) in [6, 6.07) is 19.7. The molecule has 0 saturated heterocycles. The van der Waals surface area contributed by atoms with E-state index in [1.807, 2.05) is 0 Å². The van der Waals surface area contributed by atoms with Crippen molar-refractivity contribution in [3.63, 3.8) is 0 Å². The lowest BCUT2D eigenvalue weighted by molar-refractivity contribution is -0.923. The fourth-order valence-electron chi connectivity index (χ4n) is 12.0. The quantitative estimate of drug-likeness (QED) is 0.0458. The summed E-state index contributed by atoms with van der Waals surface area (Å²) in [5, 5.41) is 0. The van der Waals surface area contributed by atoms with Crippen molar-refractivity contribution in [3.05, 3.63) is 70.8 Å². The average molecular weight is 1000 g/mol. The highest BCUT2D eigenvalue weighted by Gasteiger charge is 2.23. The van der Waals surface area contributed by atoms with Crippen molar-refractivity contribution >= 4 is 0 Å². The Kier molecular flexibility index (Phi) is 44.1. The number of aryl methyl sites for hydroxylation is 2. The maximum Gasteiger partial charge on any atom is 0.104 e. The molecule has 0 amide bonds. The molecule has 72 heavy (non-hydrogen) atoms. The minimum atomic E-state index is 1.21. The zero-order valence-corrected chi connectivity index (χ0v) is 50.3. The maximum atomic E-state index is 2.59. The molecule has 2 heteroatoms. The summed E-state index contributed by atoms with van der Waals surface area (Å²) in [5.74, 6) is 0. The number of hydrogen-bond donors (Lipinski definition) is 0. The van der Waals surface area contributed by atoms with Gasteiger partial charge >= 0.3 is 0 Å². The summed E-state index contributed by atoms with van der Waals surface area (Å²) < 4.78 is 2.47. The summed E-state index contributed by atoms with van der Waals surface area (Å²) in [5.41, 5.74) is 6.20. The summed E-state index contributed by atoms with van der Waals surface area (Å²) in [6.45, 7) is 17.1. The second kappa shape index (κ2) is 47.8. The smallest absolute Gasteiger partial charge is 0.104 e. The average Bonchev–Trinajstić information content (AvgIpc) is 3.38.